The summed E-state index contributed by atoms with van der Waals surface area (Å²) >= 11 is 0. The molecular formula is C15H25FN2O. The first-order valence-corrected chi connectivity index (χ1v) is 6.81. The van der Waals surface area contributed by atoms with Crippen molar-refractivity contribution in [1.29, 1.82) is 0 Å². The van der Waals surface area contributed by atoms with Gasteiger partial charge in [0.2, 0.25) is 0 Å². The Hall–Kier alpha value is -1.13. The largest absolute Gasteiger partial charge is 0.494 e. The Morgan fingerprint density at radius 3 is 2.63 bits per heavy atom. The highest BCUT2D eigenvalue weighted by molar-refractivity contribution is 5.29. The molecule has 0 amide bonds. The predicted octanol–water partition coefficient (Wildman–Crippen LogP) is 2.64. The normalized spacial score (nSPS) is 11.3. The summed E-state index contributed by atoms with van der Waals surface area (Å²) in [5.74, 6) is 0.574. The van der Waals surface area contributed by atoms with Crippen LogP contribution in [0.1, 0.15) is 25.8 Å². The van der Waals surface area contributed by atoms with Crippen molar-refractivity contribution in [2.24, 2.45) is 11.7 Å². The molecule has 1 rings (SSSR count). The van der Waals surface area contributed by atoms with Crippen molar-refractivity contribution in [2.75, 3.05) is 26.7 Å². The number of rotatable bonds is 8. The summed E-state index contributed by atoms with van der Waals surface area (Å²) in [7, 11) is 1.48. The maximum Gasteiger partial charge on any atom is 0.165 e. The third-order valence-electron chi connectivity index (χ3n) is 2.92. The molecule has 0 aliphatic carbocycles. The van der Waals surface area contributed by atoms with Gasteiger partial charge in [-0.1, -0.05) is 19.9 Å². The van der Waals surface area contributed by atoms with Crippen LogP contribution in [0, 0.1) is 11.7 Å². The van der Waals surface area contributed by atoms with Crippen LogP contribution in [0.25, 0.3) is 0 Å². The SMILES string of the molecule is COc1ccc(CN(CCCN)CC(C)C)cc1F. The lowest BCUT2D eigenvalue weighted by Crippen LogP contribution is -2.29. The molecule has 0 aromatic heterocycles. The third kappa shape index (κ3) is 5.57. The van der Waals surface area contributed by atoms with Crippen LogP contribution in [0.4, 0.5) is 4.39 Å². The Morgan fingerprint density at radius 1 is 1.37 bits per heavy atom. The molecule has 0 heterocycles. The zero-order valence-corrected chi connectivity index (χ0v) is 12.2. The molecule has 0 unspecified atom stereocenters. The first kappa shape index (κ1) is 15.9. The van der Waals surface area contributed by atoms with Crippen molar-refractivity contribution in [3.8, 4) is 5.75 Å². The molecule has 1 aromatic carbocycles. The van der Waals surface area contributed by atoms with Crippen LogP contribution in [0.3, 0.4) is 0 Å². The van der Waals surface area contributed by atoms with E-state index in [0.29, 0.717) is 18.2 Å². The molecule has 0 aliphatic rings. The number of benzene rings is 1. The number of hydrogen-bond acceptors (Lipinski definition) is 3. The molecular weight excluding hydrogens is 243 g/mol. The number of halogens is 1. The first-order chi connectivity index (χ1) is 9.06. The van der Waals surface area contributed by atoms with Crippen molar-refractivity contribution in [3.63, 3.8) is 0 Å². The summed E-state index contributed by atoms with van der Waals surface area (Å²) in [5.41, 5.74) is 6.53. The summed E-state index contributed by atoms with van der Waals surface area (Å²) in [4.78, 5) is 2.32. The van der Waals surface area contributed by atoms with E-state index in [1.165, 1.54) is 7.11 Å². The van der Waals surface area contributed by atoms with Gasteiger partial charge in [-0.05, 0) is 43.1 Å². The van der Waals surface area contributed by atoms with E-state index >= 15 is 0 Å². The van der Waals surface area contributed by atoms with E-state index in [-0.39, 0.29) is 5.82 Å². The molecule has 0 aliphatic heterocycles. The van der Waals surface area contributed by atoms with Crippen molar-refractivity contribution in [2.45, 2.75) is 26.8 Å². The summed E-state index contributed by atoms with van der Waals surface area (Å²) in [6.45, 7) is 7.74. The molecule has 0 radical (unpaired) electrons. The molecule has 19 heavy (non-hydrogen) atoms. The maximum atomic E-state index is 13.7. The Bertz CT molecular complexity index is 382. The Labute approximate surface area is 115 Å². The fourth-order valence-corrected chi connectivity index (χ4v) is 2.13. The molecule has 2 N–H and O–H groups in total. The van der Waals surface area contributed by atoms with Crippen molar-refractivity contribution in [3.05, 3.63) is 29.6 Å². The molecule has 0 saturated carbocycles. The molecule has 3 nitrogen and oxygen atoms in total. The van der Waals surface area contributed by atoms with Crippen LogP contribution in [0.5, 0.6) is 5.75 Å². The van der Waals surface area contributed by atoms with Gasteiger partial charge in [0.25, 0.3) is 0 Å². The van der Waals surface area contributed by atoms with Gasteiger partial charge in [0, 0.05) is 13.1 Å². The number of ether oxygens (including phenoxy) is 1. The van der Waals surface area contributed by atoms with Gasteiger partial charge in [-0.25, -0.2) is 4.39 Å². The minimum absolute atomic E-state index is 0.293. The van der Waals surface area contributed by atoms with Gasteiger partial charge in [0.15, 0.2) is 11.6 Å². The molecule has 0 bridgehead atoms. The van der Waals surface area contributed by atoms with Crippen LogP contribution >= 0.6 is 0 Å². The van der Waals surface area contributed by atoms with Crippen molar-refractivity contribution >= 4 is 0 Å². The number of nitrogens with two attached hydrogens (primary N) is 1. The lowest BCUT2D eigenvalue weighted by atomic mass is 10.1. The summed E-state index contributed by atoms with van der Waals surface area (Å²) < 4.78 is 18.6. The summed E-state index contributed by atoms with van der Waals surface area (Å²) in [5, 5.41) is 0. The number of hydrogen-bond donors (Lipinski definition) is 1. The van der Waals surface area contributed by atoms with Gasteiger partial charge in [-0.2, -0.15) is 0 Å². The van der Waals surface area contributed by atoms with E-state index in [1.54, 1.807) is 12.1 Å². The average molecular weight is 268 g/mol. The van der Waals surface area contributed by atoms with Gasteiger partial charge in [-0.15, -0.1) is 0 Å². The lowest BCUT2D eigenvalue weighted by molar-refractivity contribution is 0.234. The van der Waals surface area contributed by atoms with E-state index in [1.807, 2.05) is 6.07 Å². The van der Waals surface area contributed by atoms with E-state index in [2.05, 4.69) is 18.7 Å². The van der Waals surface area contributed by atoms with Crippen LogP contribution in [0.2, 0.25) is 0 Å². The topological polar surface area (TPSA) is 38.5 Å². The monoisotopic (exact) mass is 268 g/mol. The molecule has 4 heteroatoms. The lowest BCUT2D eigenvalue weighted by Gasteiger charge is -2.24. The van der Waals surface area contributed by atoms with E-state index < -0.39 is 0 Å². The number of nitrogens with zero attached hydrogens (tertiary/aromatic N) is 1. The van der Waals surface area contributed by atoms with Crippen molar-refractivity contribution < 1.29 is 9.13 Å². The van der Waals surface area contributed by atoms with Crippen LogP contribution in [-0.2, 0) is 6.54 Å². The second-order valence-corrected chi connectivity index (χ2v) is 5.24. The zero-order chi connectivity index (χ0) is 14.3. The van der Waals surface area contributed by atoms with Gasteiger partial charge >= 0.3 is 0 Å². The highest BCUT2D eigenvalue weighted by Gasteiger charge is 2.10. The molecule has 1 aromatic rings. The van der Waals surface area contributed by atoms with Gasteiger partial charge in [0.1, 0.15) is 0 Å². The van der Waals surface area contributed by atoms with Crippen LogP contribution < -0.4 is 10.5 Å². The number of methoxy groups -OCH3 is 1. The quantitative estimate of drug-likeness (QED) is 0.787. The predicted molar refractivity (Wildman–Crippen MR) is 76.7 cm³/mol. The Kier molecular flexibility index (Phi) is 6.81. The van der Waals surface area contributed by atoms with E-state index in [9.17, 15) is 4.39 Å². The summed E-state index contributed by atoms with van der Waals surface area (Å²) in [6.07, 6.45) is 0.964. The second-order valence-electron chi connectivity index (χ2n) is 5.24. The second kappa shape index (κ2) is 8.12. The van der Waals surface area contributed by atoms with Gasteiger partial charge in [-0.3, -0.25) is 4.90 Å². The fraction of sp³-hybridized carbons (Fsp3) is 0.600. The molecule has 0 fully saturated rings. The van der Waals surface area contributed by atoms with E-state index in [4.69, 9.17) is 10.5 Å². The van der Waals surface area contributed by atoms with Crippen LogP contribution in [0.15, 0.2) is 18.2 Å². The first-order valence-electron chi connectivity index (χ1n) is 6.81. The standard InChI is InChI=1S/C15H25FN2O/c1-12(2)10-18(8-4-7-17)11-13-5-6-15(19-3)14(16)9-13/h5-6,9,12H,4,7-8,10-11,17H2,1-3H3. The van der Waals surface area contributed by atoms with Crippen LogP contribution in [-0.4, -0.2) is 31.6 Å². The highest BCUT2D eigenvalue weighted by atomic mass is 19.1. The fourth-order valence-electron chi connectivity index (χ4n) is 2.13. The minimum Gasteiger partial charge on any atom is -0.494 e. The third-order valence-corrected chi connectivity index (χ3v) is 2.92. The molecule has 0 atom stereocenters. The molecule has 108 valence electrons. The highest BCUT2D eigenvalue weighted by Crippen LogP contribution is 2.19. The Morgan fingerprint density at radius 2 is 2.11 bits per heavy atom. The smallest absolute Gasteiger partial charge is 0.165 e. The maximum absolute atomic E-state index is 13.7. The zero-order valence-electron chi connectivity index (χ0n) is 12.2. The van der Waals surface area contributed by atoms with E-state index in [0.717, 1.165) is 31.6 Å². The van der Waals surface area contributed by atoms with Crippen molar-refractivity contribution in [1.82, 2.24) is 4.90 Å². The summed E-state index contributed by atoms with van der Waals surface area (Å²) in [6, 6.07) is 5.15. The van der Waals surface area contributed by atoms with Gasteiger partial charge < -0.3 is 10.5 Å². The molecule has 0 spiro atoms. The average Bonchev–Trinajstić information content (AvgIpc) is 2.35. The Balaban J connectivity index is 2.69. The minimum atomic E-state index is -0.302. The molecule has 0 saturated heterocycles. The van der Waals surface area contributed by atoms with Gasteiger partial charge in [0.05, 0.1) is 7.11 Å².